The molecule has 0 aliphatic rings. The number of rotatable bonds is 2. The maximum atomic E-state index is 11.3. The number of aromatic nitrogens is 1. The first-order chi connectivity index (χ1) is 9.16. The number of hydrogen-bond acceptors (Lipinski definition) is 2. The number of carboxylic acid groups (broad SMARTS) is 1. The maximum absolute atomic E-state index is 11.3. The van der Waals surface area contributed by atoms with Gasteiger partial charge in [-0.05, 0) is 23.8 Å². The molecule has 4 N–H and O–H groups in total. The highest BCUT2D eigenvalue weighted by Gasteiger charge is 2.15. The Bertz CT molecular complexity index is 760. The van der Waals surface area contributed by atoms with E-state index in [0.717, 1.165) is 16.8 Å². The van der Waals surface area contributed by atoms with Crippen LogP contribution in [0.2, 0.25) is 0 Å². The lowest BCUT2D eigenvalue weighted by Crippen LogP contribution is -2.02. The molecule has 0 saturated heterocycles. The summed E-state index contributed by atoms with van der Waals surface area (Å²) in [7, 11) is 0. The predicted octanol–water partition coefficient (Wildman–Crippen LogP) is 3.12. The van der Waals surface area contributed by atoms with Crippen LogP contribution >= 0.6 is 0 Å². The van der Waals surface area contributed by atoms with E-state index in [4.69, 9.17) is 5.73 Å². The highest BCUT2D eigenvalue weighted by molar-refractivity contribution is 6.08. The zero-order chi connectivity index (χ0) is 13.4. The van der Waals surface area contributed by atoms with Gasteiger partial charge in [-0.15, -0.1) is 0 Å². The lowest BCUT2D eigenvalue weighted by atomic mass is 10.1. The van der Waals surface area contributed by atoms with Gasteiger partial charge >= 0.3 is 5.97 Å². The molecular weight excluding hydrogens is 240 g/mol. The van der Waals surface area contributed by atoms with Gasteiger partial charge in [0.1, 0.15) is 0 Å². The van der Waals surface area contributed by atoms with Gasteiger partial charge in [0.15, 0.2) is 0 Å². The number of anilines is 1. The van der Waals surface area contributed by atoms with Gasteiger partial charge in [-0.25, -0.2) is 4.79 Å². The molecule has 3 aromatic rings. The van der Waals surface area contributed by atoms with E-state index in [1.807, 2.05) is 36.4 Å². The molecule has 0 unspecified atom stereocenters. The normalized spacial score (nSPS) is 10.7. The lowest BCUT2D eigenvalue weighted by molar-refractivity contribution is 0.0700. The van der Waals surface area contributed by atoms with Crippen molar-refractivity contribution in [3.63, 3.8) is 0 Å². The topological polar surface area (TPSA) is 79.1 Å². The van der Waals surface area contributed by atoms with E-state index in [1.54, 1.807) is 12.1 Å². The number of aromatic carboxylic acids is 1. The fourth-order valence-corrected chi connectivity index (χ4v) is 2.23. The molecule has 0 saturated carbocycles. The van der Waals surface area contributed by atoms with Crippen LogP contribution in [0.1, 0.15) is 10.4 Å². The average Bonchev–Trinajstić information content (AvgIpc) is 2.83. The summed E-state index contributed by atoms with van der Waals surface area (Å²) >= 11 is 0. The van der Waals surface area contributed by atoms with Crippen LogP contribution in [0.25, 0.3) is 22.2 Å². The van der Waals surface area contributed by atoms with E-state index >= 15 is 0 Å². The molecular formula is C15H12N2O2. The highest BCUT2D eigenvalue weighted by atomic mass is 16.4. The SMILES string of the molecule is Nc1ccc2[nH]c(-c3ccccc3)cc2c1C(=O)O. The summed E-state index contributed by atoms with van der Waals surface area (Å²) < 4.78 is 0. The number of nitrogens with two attached hydrogens (primary N) is 1. The van der Waals surface area contributed by atoms with Crippen molar-refractivity contribution in [2.75, 3.05) is 5.73 Å². The average molecular weight is 252 g/mol. The molecule has 0 aliphatic carbocycles. The Morgan fingerprint density at radius 1 is 1.11 bits per heavy atom. The van der Waals surface area contributed by atoms with E-state index in [2.05, 4.69) is 4.98 Å². The minimum Gasteiger partial charge on any atom is -0.478 e. The molecule has 0 amide bonds. The molecule has 0 aliphatic heterocycles. The van der Waals surface area contributed by atoms with Gasteiger partial charge in [0, 0.05) is 22.3 Å². The molecule has 1 aromatic heterocycles. The van der Waals surface area contributed by atoms with Gasteiger partial charge in [-0.1, -0.05) is 30.3 Å². The van der Waals surface area contributed by atoms with Gasteiger partial charge in [-0.3, -0.25) is 0 Å². The molecule has 0 atom stereocenters. The fourth-order valence-electron chi connectivity index (χ4n) is 2.23. The maximum Gasteiger partial charge on any atom is 0.338 e. The Morgan fingerprint density at radius 3 is 2.53 bits per heavy atom. The van der Waals surface area contributed by atoms with E-state index in [-0.39, 0.29) is 11.3 Å². The second-order valence-corrected chi connectivity index (χ2v) is 4.35. The summed E-state index contributed by atoms with van der Waals surface area (Å²) in [5, 5.41) is 9.88. The number of hydrogen-bond donors (Lipinski definition) is 3. The zero-order valence-electron chi connectivity index (χ0n) is 10.1. The standard InChI is InChI=1S/C15H12N2O2/c16-11-6-7-12-10(14(11)15(18)19)8-13(17-12)9-4-2-1-3-5-9/h1-8,17H,16H2,(H,18,19). The number of benzene rings is 2. The number of carboxylic acids is 1. The van der Waals surface area contributed by atoms with Gasteiger partial charge in [-0.2, -0.15) is 0 Å². The molecule has 4 heteroatoms. The van der Waals surface area contributed by atoms with Crippen LogP contribution in [0.3, 0.4) is 0 Å². The van der Waals surface area contributed by atoms with E-state index in [0.29, 0.717) is 5.39 Å². The molecule has 94 valence electrons. The Morgan fingerprint density at radius 2 is 1.84 bits per heavy atom. The molecule has 19 heavy (non-hydrogen) atoms. The van der Waals surface area contributed by atoms with Crippen LogP contribution in [0, 0.1) is 0 Å². The molecule has 0 radical (unpaired) electrons. The minimum atomic E-state index is -1.01. The van der Waals surface area contributed by atoms with Gasteiger partial charge in [0.05, 0.1) is 5.56 Å². The zero-order valence-corrected chi connectivity index (χ0v) is 10.1. The number of nitrogens with one attached hydrogen (secondary N) is 1. The summed E-state index contributed by atoms with van der Waals surface area (Å²) in [6.45, 7) is 0. The smallest absolute Gasteiger partial charge is 0.338 e. The van der Waals surface area contributed by atoms with Crippen molar-refractivity contribution < 1.29 is 9.90 Å². The Kier molecular flexibility index (Phi) is 2.49. The van der Waals surface area contributed by atoms with E-state index in [9.17, 15) is 9.90 Å². The van der Waals surface area contributed by atoms with Gasteiger partial charge in [0.25, 0.3) is 0 Å². The summed E-state index contributed by atoms with van der Waals surface area (Å²) in [5.74, 6) is -1.01. The van der Waals surface area contributed by atoms with Crippen LogP contribution < -0.4 is 5.73 Å². The van der Waals surface area contributed by atoms with Crippen molar-refractivity contribution in [2.24, 2.45) is 0 Å². The Hall–Kier alpha value is -2.75. The van der Waals surface area contributed by atoms with Crippen LogP contribution in [0.4, 0.5) is 5.69 Å². The summed E-state index contributed by atoms with van der Waals surface area (Å²) in [4.78, 5) is 14.5. The molecule has 4 nitrogen and oxygen atoms in total. The first-order valence-electron chi connectivity index (χ1n) is 5.87. The second kappa shape index (κ2) is 4.17. The lowest BCUT2D eigenvalue weighted by Gasteiger charge is -2.01. The third-order valence-corrected chi connectivity index (χ3v) is 3.13. The Balaban J connectivity index is 2.27. The van der Waals surface area contributed by atoms with Gasteiger partial charge < -0.3 is 15.8 Å². The summed E-state index contributed by atoms with van der Waals surface area (Å²) in [6, 6.07) is 15.0. The van der Waals surface area contributed by atoms with Crippen LogP contribution in [-0.4, -0.2) is 16.1 Å². The van der Waals surface area contributed by atoms with Gasteiger partial charge in [0.2, 0.25) is 0 Å². The van der Waals surface area contributed by atoms with Crippen molar-refractivity contribution in [3.8, 4) is 11.3 Å². The first kappa shape index (κ1) is 11.3. The number of nitrogen functional groups attached to an aromatic ring is 1. The van der Waals surface area contributed by atoms with Crippen molar-refractivity contribution >= 4 is 22.6 Å². The van der Waals surface area contributed by atoms with Crippen molar-refractivity contribution in [1.29, 1.82) is 0 Å². The number of carbonyl (C=O) groups is 1. The highest BCUT2D eigenvalue weighted by Crippen LogP contribution is 2.29. The molecule has 0 spiro atoms. The van der Waals surface area contributed by atoms with Crippen molar-refractivity contribution in [1.82, 2.24) is 4.98 Å². The van der Waals surface area contributed by atoms with Crippen LogP contribution in [-0.2, 0) is 0 Å². The summed E-state index contributed by atoms with van der Waals surface area (Å²) in [5.41, 5.74) is 8.82. The third kappa shape index (κ3) is 1.83. The second-order valence-electron chi connectivity index (χ2n) is 4.35. The van der Waals surface area contributed by atoms with Crippen LogP contribution in [0.15, 0.2) is 48.5 Å². The molecule has 0 fully saturated rings. The molecule has 2 aromatic carbocycles. The predicted molar refractivity (Wildman–Crippen MR) is 75.1 cm³/mol. The van der Waals surface area contributed by atoms with E-state index < -0.39 is 5.97 Å². The largest absolute Gasteiger partial charge is 0.478 e. The quantitative estimate of drug-likeness (QED) is 0.613. The van der Waals surface area contributed by atoms with Crippen molar-refractivity contribution in [3.05, 3.63) is 54.1 Å². The number of aromatic amines is 1. The number of fused-ring (bicyclic) bond motifs is 1. The first-order valence-corrected chi connectivity index (χ1v) is 5.87. The minimum absolute atomic E-state index is 0.149. The molecule has 1 heterocycles. The fraction of sp³-hybridized carbons (Fsp3) is 0. The Labute approximate surface area is 109 Å². The monoisotopic (exact) mass is 252 g/mol. The van der Waals surface area contributed by atoms with E-state index in [1.165, 1.54) is 0 Å². The molecule has 0 bridgehead atoms. The third-order valence-electron chi connectivity index (χ3n) is 3.13. The number of H-pyrrole nitrogens is 1. The van der Waals surface area contributed by atoms with Crippen LogP contribution in [0.5, 0.6) is 0 Å². The summed E-state index contributed by atoms with van der Waals surface area (Å²) in [6.07, 6.45) is 0. The molecule has 3 rings (SSSR count). The van der Waals surface area contributed by atoms with Crippen molar-refractivity contribution in [2.45, 2.75) is 0 Å².